The minimum absolute atomic E-state index is 0.228. The van der Waals surface area contributed by atoms with Crippen molar-refractivity contribution in [3.63, 3.8) is 0 Å². The highest BCUT2D eigenvalue weighted by Crippen LogP contribution is 2.28. The maximum atomic E-state index is 12.4. The van der Waals surface area contributed by atoms with E-state index in [1.807, 2.05) is 44.2 Å². The number of hydrogen-bond donors (Lipinski definition) is 4. The van der Waals surface area contributed by atoms with Gasteiger partial charge in [0, 0.05) is 24.6 Å². The number of benzene rings is 3. The Balaban J connectivity index is 1.25. The van der Waals surface area contributed by atoms with Crippen molar-refractivity contribution < 1.29 is 22.7 Å². The number of amides is 2. The molecule has 12 heteroatoms. The summed E-state index contributed by atoms with van der Waals surface area (Å²) in [6.45, 7) is 8.61. The average Bonchev–Trinajstić information content (AvgIpc) is 3.39. The molecule has 4 rings (SSSR count). The van der Waals surface area contributed by atoms with Crippen LogP contribution in [0.25, 0.3) is 0 Å². The van der Waals surface area contributed by atoms with E-state index in [4.69, 9.17) is 12.2 Å². The van der Waals surface area contributed by atoms with E-state index in [0.717, 1.165) is 33.6 Å². The molecule has 0 spiro atoms. The molecule has 2 amide bonds. The van der Waals surface area contributed by atoms with Crippen LogP contribution in [0.1, 0.15) is 42.0 Å². The van der Waals surface area contributed by atoms with Gasteiger partial charge in [-0.05, 0) is 103 Å². The first-order valence-electron chi connectivity index (χ1n) is 13.3. The highest BCUT2D eigenvalue weighted by atomic mass is 32.1. The lowest BCUT2D eigenvalue weighted by Crippen LogP contribution is -2.42. The molecule has 0 saturated carbocycles. The molecule has 0 saturated heterocycles. The zero-order valence-corrected chi connectivity index (χ0v) is 24.5. The van der Waals surface area contributed by atoms with Crippen LogP contribution >= 0.6 is 12.2 Å². The fourth-order valence-corrected chi connectivity index (χ4v) is 4.62. The summed E-state index contributed by atoms with van der Waals surface area (Å²) in [7, 11) is 0. The molecule has 1 aliphatic rings. The Bertz CT molecular complexity index is 1460. The Kier molecular flexibility index (Phi) is 9.59. The Morgan fingerprint density at radius 1 is 0.976 bits per heavy atom. The molecule has 4 N–H and O–H groups in total. The lowest BCUT2D eigenvalue weighted by atomic mass is 9.99. The molecule has 222 valence electrons. The predicted octanol–water partition coefficient (Wildman–Crippen LogP) is 6.78. The second-order valence-electron chi connectivity index (χ2n) is 10.1. The fourth-order valence-electron chi connectivity index (χ4n) is 4.42. The molecule has 0 atom stereocenters. The number of carbonyl (C=O) groups excluding carboxylic acids is 1. The van der Waals surface area contributed by atoms with Crippen molar-refractivity contribution >= 4 is 40.4 Å². The van der Waals surface area contributed by atoms with E-state index in [-0.39, 0.29) is 16.9 Å². The van der Waals surface area contributed by atoms with E-state index >= 15 is 0 Å². The van der Waals surface area contributed by atoms with Crippen LogP contribution in [0.4, 0.5) is 35.0 Å². The van der Waals surface area contributed by atoms with Gasteiger partial charge >= 0.3 is 12.4 Å². The number of carbonyl (C=O) groups is 1. The number of urea groups is 1. The maximum absolute atomic E-state index is 12.4. The number of nitrogens with one attached hydrogen (secondary N) is 4. The van der Waals surface area contributed by atoms with Gasteiger partial charge in [0.2, 0.25) is 0 Å². The van der Waals surface area contributed by atoms with Crippen molar-refractivity contribution in [2.75, 3.05) is 21.9 Å². The zero-order valence-electron chi connectivity index (χ0n) is 23.7. The fraction of sp³-hybridized carbons (Fsp3) is 0.267. The molecule has 0 aliphatic carbocycles. The predicted molar refractivity (Wildman–Crippen MR) is 163 cm³/mol. The average molecular weight is 599 g/mol. The topological polar surface area (TPSA) is 80.9 Å². The van der Waals surface area contributed by atoms with Gasteiger partial charge in [-0.1, -0.05) is 32.0 Å². The van der Waals surface area contributed by atoms with Crippen LogP contribution in [0.3, 0.4) is 0 Å². The number of hydrazine groups is 2. The summed E-state index contributed by atoms with van der Waals surface area (Å²) in [6.07, 6.45) is -0.552. The minimum Gasteiger partial charge on any atom is -0.406 e. The van der Waals surface area contributed by atoms with Crippen LogP contribution in [0, 0.1) is 13.8 Å². The van der Waals surface area contributed by atoms with E-state index in [0.29, 0.717) is 24.6 Å². The van der Waals surface area contributed by atoms with Gasteiger partial charge in [0.15, 0.2) is 5.11 Å². The number of ether oxygens (including phenoxy) is 1. The third-order valence-electron chi connectivity index (χ3n) is 6.52. The van der Waals surface area contributed by atoms with Crippen molar-refractivity contribution in [2.45, 2.75) is 46.4 Å². The molecule has 0 bridgehead atoms. The normalized spacial score (nSPS) is 13.0. The number of aryl methyl sites for hydroxylation is 2. The molecule has 3 aromatic carbocycles. The van der Waals surface area contributed by atoms with Crippen molar-refractivity contribution in [1.82, 2.24) is 16.2 Å². The molecule has 1 heterocycles. The standard InChI is InChI=1S/C30H33F3N6O2S/c1-19(2)26-12-5-20(3)17-27(26)35-29(42)36-28(40)34-14-13-22-6-7-24(18-21(22)4)39-16-15-38(37-39)23-8-10-25(11-9-23)41-30(31,32)33/h5-12,15-19,37H,13-14H2,1-4H3,(H3,34,35,36,40,42). The first-order valence-corrected chi connectivity index (χ1v) is 13.7. The summed E-state index contributed by atoms with van der Waals surface area (Å²) < 4.78 is 41.2. The first kappa shape index (κ1) is 30.7. The third kappa shape index (κ3) is 8.37. The summed E-state index contributed by atoms with van der Waals surface area (Å²) in [5.74, 6) is 0.0180. The molecule has 8 nitrogen and oxygen atoms in total. The Morgan fingerprint density at radius 2 is 1.64 bits per heavy atom. The van der Waals surface area contributed by atoms with Crippen LogP contribution in [-0.2, 0) is 6.42 Å². The Morgan fingerprint density at radius 3 is 2.29 bits per heavy atom. The number of thiocarbonyl (C=S) groups is 1. The molecular formula is C30H33F3N6O2S. The van der Waals surface area contributed by atoms with Crippen LogP contribution < -0.4 is 36.2 Å². The number of nitrogens with zero attached hydrogens (tertiary/aromatic N) is 2. The molecule has 42 heavy (non-hydrogen) atoms. The molecular weight excluding hydrogens is 565 g/mol. The largest absolute Gasteiger partial charge is 0.573 e. The molecule has 0 aromatic heterocycles. The van der Waals surface area contributed by atoms with Crippen molar-refractivity contribution in [1.29, 1.82) is 0 Å². The van der Waals surface area contributed by atoms with Gasteiger partial charge in [-0.3, -0.25) is 15.3 Å². The molecule has 3 aromatic rings. The second kappa shape index (κ2) is 13.1. The van der Waals surface area contributed by atoms with E-state index in [1.165, 1.54) is 24.3 Å². The maximum Gasteiger partial charge on any atom is 0.573 e. The molecule has 0 unspecified atom stereocenters. The number of rotatable bonds is 8. The van der Waals surface area contributed by atoms with Gasteiger partial charge in [-0.2, -0.15) is 0 Å². The van der Waals surface area contributed by atoms with E-state index < -0.39 is 6.36 Å². The lowest BCUT2D eigenvalue weighted by Gasteiger charge is -2.23. The summed E-state index contributed by atoms with van der Waals surface area (Å²) in [4.78, 5) is 12.4. The second-order valence-corrected chi connectivity index (χ2v) is 10.5. The SMILES string of the molecule is Cc1ccc(C(C)C)c(NC(=S)NC(=O)NCCc2ccc(N3C=CN(c4ccc(OC(F)(F)F)cc4)N3)cc2C)c1. The van der Waals surface area contributed by atoms with E-state index in [2.05, 4.69) is 46.1 Å². The highest BCUT2D eigenvalue weighted by molar-refractivity contribution is 7.80. The van der Waals surface area contributed by atoms with Crippen LogP contribution in [0.2, 0.25) is 0 Å². The van der Waals surface area contributed by atoms with Gasteiger partial charge in [-0.15, -0.1) is 18.7 Å². The molecule has 1 aliphatic heterocycles. The summed E-state index contributed by atoms with van der Waals surface area (Å²) in [5.41, 5.74) is 9.85. The van der Waals surface area contributed by atoms with Gasteiger partial charge in [0.1, 0.15) is 5.75 Å². The zero-order chi connectivity index (χ0) is 30.4. The first-order chi connectivity index (χ1) is 19.9. The van der Waals surface area contributed by atoms with Gasteiger partial charge in [0.05, 0.1) is 11.4 Å². The van der Waals surface area contributed by atoms with Crippen LogP contribution in [0.15, 0.2) is 73.1 Å². The third-order valence-corrected chi connectivity index (χ3v) is 6.72. The monoisotopic (exact) mass is 598 g/mol. The number of alkyl halides is 3. The van der Waals surface area contributed by atoms with E-state index in [1.54, 1.807) is 22.4 Å². The summed E-state index contributed by atoms with van der Waals surface area (Å²) >= 11 is 5.35. The number of halogens is 3. The van der Waals surface area contributed by atoms with Gasteiger partial charge in [-0.25, -0.2) is 4.79 Å². The van der Waals surface area contributed by atoms with Crippen molar-refractivity contribution in [3.05, 3.63) is 95.3 Å². The van der Waals surface area contributed by atoms with Crippen LogP contribution in [0.5, 0.6) is 5.75 Å². The van der Waals surface area contributed by atoms with Gasteiger partial charge < -0.3 is 15.4 Å². The van der Waals surface area contributed by atoms with Crippen molar-refractivity contribution in [2.24, 2.45) is 0 Å². The highest BCUT2D eigenvalue weighted by Gasteiger charge is 2.31. The Hall–Kier alpha value is -4.29. The minimum atomic E-state index is -4.73. The summed E-state index contributed by atoms with van der Waals surface area (Å²) in [5, 5.41) is 12.3. The van der Waals surface area contributed by atoms with E-state index in [9.17, 15) is 18.0 Å². The Labute approximate surface area is 248 Å². The number of hydrogen-bond acceptors (Lipinski definition) is 6. The quantitative estimate of drug-likeness (QED) is 0.213. The summed E-state index contributed by atoms with van der Waals surface area (Å²) in [6, 6.07) is 17.2. The van der Waals surface area contributed by atoms with Crippen LogP contribution in [-0.4, -0.2) is 24.1 Å². The molecule has 0 fully saturated rings. The number of anilines is 3. The van der Waals surface area contributed by atoms with Crippen molar-refractivity contribution in [3.8, 4) is 5.75 Å². The lowest BCUT2D eigenvalue weighted by molar-refractivity contribution is -0.274. The van der Waals surface area contributed by atoms with Gasteiger partial charge in [0.25, 0.3) is 0 Å². The smallest absolute Gasteiger partial charge is 0.406 e. The molecule has 0 radical (unpaired) electrons.